The lowest BCUT2D eigenvalue weighted by Gasteiger charge is -2.16. The molecule has 9 nitrogen and oxygen atoms in total. The minimum absolute atomic E-state index is 0.0572. The fourth-order valence-corrected chi connectivity index (χ4v) is 6.21. The van der Waals surface area contributed by atoms with Gasteiger partial charge in [-0.15, -0.1) is 0 Å². The molecule has 2 aromatic carbocycles. The Bertz CT molecular complexity index is 1560. The van der Waals surface area contributed by atoms with Gasteiger partial charge in [-0.25, -0.2) is 13.4 Å². The summed E-state index contributed by atoms with van der Waals surface area (Å²) in [4.78, 5) is 17.5. The van der Waals surface area contributed by atoms with Crippen LogP contribution in [0.2, 0.25) is 0 Å². The first kappa shape index (κ1) is 25.2. The van der Waals surface area contributed by atoms with Crippen molar-refractivity contribution < 1.29 is 13.2 Å². The smallest absolute Gasteiger partial charge is 0.267 e. The van der Waals surface area contributed by atoms with Gasteiger partial charge < -0.3 is 20.9 Å². The summed E-state index contributed by atoms with van der Waals surface area (Å²) in [5, 5.41) is 8.77. The average molecular weight is 521 g/mol. The van der Waals surface area contributed by atoms with Crippen molar-refractivity contribution in [3.63, 3.8) is 0 Å². The van der Waals surface area contributed by atoms with Crippen LogP contribution in [0.1, 0.15) is 41.0 Å². The number of pyridine rings is 1. The monoisotopic (exact) mass is 520 g/mol. The number of amides is 1. The second-order valence-electron chi connectivity index (χ2n) is 9.47. The lowest BCUT2D eigenvalue weighted by molar-refractivity contribution is 0.0954. The maximum atomic E-state index is 12.9. The number of nitrogens with zero attached hydrogens (tertiary/aromatic N) is 2. The molecule has 0 aliphatic carbocycles. The van der Waals surface area contributed by atoms with E-state index in [0.29, 0.717) is 30.0 Å². The number of aromatic nitrogens is 2. The molecule has 10 heteroatoms. The highest BCUT2D eigenvalue weighted by molar-refractivity contribution is 7.92. The third-order valence-electron chi connectivity index (χ3n) is 6.92. The summed E-state index contributed by atoms with van der Waals surface area (Å²) in [6.45, 7) is 1.56. The van der Waals surface area contributed by atoms with Crippen molar-refractivity contribution in [1.29, 1.82) is 0 Å². The predicted octanol–water partition coefficient (Wildman–Crippen LogP) is 2.94. The molecule has 0 spiro atoms. The number of carbonyl (C=O) groups excluding carboxylic acids is 1. The van der Waals surface area contributed by atoms with E-state index < -0.39 is 10.0 Å². The normalized spacial score (nSPS) is 15.9. The van der Waals surface area contributed by atoms with Gasteiger partial charge in [0.25, 0.3) is 5.91 Å². The second-order valence-corrected chi connectivity index (χ2v) is 11.3. The van der Waals surface area contributed by atoms with E-state index >= 15 is 0 Å². The second kappa shape index (κ2) is 10.5. The Morgan fingerprint density at radius 3 is 2.76 bits per heavy atom. The van der Waals surface area contributed by atoms with Gasteiger partial charge in [0.1, 0.15) is 11.3 Å². The van der Waals surface area contributed by atoms with Crippen molar-refractivity contribution in [3.8, 4) is 0 Å². The number of fused-ring (bicyclic) bond motifs is 2. The SMILES string of the molecule is CNC(=O)c1cc2ccc(CN)nc2n1Cc1cc(NS(=O)(=O)CC[C@@H]2CCCN2)cc2ccccc12. The Morgan fingerprint density at radius 1 is 1.16 bits per heavy atom. The lowest BCUT2D eigenvalue weighted by Crippen LogP contribution is -2.26. The van der Waals surface area contributed by atoms with E-state index in [4.69, 9.17) is 10.7 Å². The molecular formula is C27H32N6O3S. The number of carbonyl (C=O) groups is 1. The molecule has 1 amide bonds. The maximum absolute atomic E-state index is 12.9. The molecule has 0 radical (unpaired) electrons. The van der Waals surface area contributed by atoms with Crippen LogP contribution < -0.4 is 21.1 Å². The number of hydrogen-bond acceptors (Lipinski definition) is 6. The van der Waals surface area contributed by atoms with Gasteiger partial charge in [0.15, 0.2) is 0 Å². The van der Waals surface area contributed by atoms with E-state index in [-0.39, 0.29) is 24.2 Å². The minimum atomic E-state index is -3.53. The molecule has 0 unspecified atom stereocenters. The molecule has 1 fully saturated rings. The number of hydrogen-bond donors (Lipinski definition) is 4. The Labute approximate surface area is 216 Å². The van der Waals surface area contributed by atoms with Gasteiger partial charge >= 0.3 is 0 Å². The summed E-state index contributed by atoms with van der Waals surface area (Å²) in [6.07, 6.45) is 2.67. The highest BCUT2D eigenvalue weighted by Crippen LogP contribution is 2.28. The van der Waals surface area contributed by atoms with Crippen molar-refractivity contribution >= 4 is 43.4 Å². The van der Waals surface area contributed by atoms with E-state index in [9.17, 15) is 13.2 Å². The van der Waals surface area contributed by atoms with Crippen LogP contribution in [0.4, 0.5) is 5.69 Å². The molecule has 3 heterocycles. The number of nitrogens with two attached hydrogens (primary N) is 1. The van der Waals surface area contributed by atoms with Gasteiger partial charge in [0, 0.05) is 30.7 Å². The van der Waals surface area contributed by atoms with Gasteiger partial charge in [-0.05, 0) is 72.5 Å². The number of nitrogens with one attached hydrogen (secondary N) is 3. The van der Waals surface area contributed by atoms with Crippen LogP contribution in [0.15, 0.2) is 54.6 Å². The third kappa shape index (κ3) is 5.46. The molecule has 1 saturated heterocycles. The molecule has 194 valence electrons. The van der Waals surface area contributed by atoms with Gasteiger partial charge in [-0.3, -0.25) is 9.52 Å². The summed E-state index contributed by atoms with van der Waals surface area (Å²) < 4.78 is 30.5. The molecule has 1 aliphatic heterocycles. The fourth-order valence-electron chi connectivity index (χ4n) is 5.04. The summed E-state index contributed by atoms with van der Waals surface area (Å²) in [5.41, 5.74) is 9.05. The number of benzene rings is 2. The molecule has 37 heavy (non-hydrogen) atoms. The average Bonchev–Trinajstić information content (AvgIpc) is 3.55. The molecule has 0 saturated carbocycles. The molecule has 1 atom stereocenters. The van der Waals surface area contributed by atoms with Crippen LogP contribution in [0.25, 0.3) is 21.8 Å². The van der Waals surface area contributed by atoms with E-state index in [1.54, 1.807) is 7.05 Å². The maximum Gasteiger partial charge on any atom is 0.267 e. The quantitative estimate of drug-likeness (QED) is 0.268. The predicted molar refractivity (Wildman–Crippen MR) is 147 cm³/mol. The first-order chi connectivity index (χ1) is 17.9. The van der Waals surface area contributed by atoms with E-state index in [2.05, 4.69) is 15.4 Å². The Morgan fingerprint density at radius 2 is 2.00 bits per heavy atom. The molecule has 0 bridgehead atoms. The largest absolute Gasteiger partial charge is 0.354 e. The van der Waals surface area contributed by atoms with E-state index in [0.717, 1.165) is 46.8 Å². The van der Waals surface area contributed by atoms with Crippen molar-refractivity contribution in [3.05, 3.63) is 71.5 Å². The van der Waals surface area contributed by atoms with Gasteiger partial charge in [-0.2, -0.15) is 0 Å². The Balaban J connectivity index is 1.53. The molecular weight excluding hydrogens is 488 g/mol. The number of sulfonamides is 1. The van der Waals surface area contributed by atoms with Crippen LogP contribution in [0.5, 0.6) is 0 Å². The van der Waals surface area contributed by atoms with Crippen molar-refractivity contribution in [1.82, 2.24) is 20.2 Å². The standard InChI is InChI=1S/C27H32N6O3S/c1-29-27(34)25-15-19-8-9-22(16-28)31-26(19)33(25)17-20-14-23(13-18-5-2-3-7-24(18)20)32-37(35,36)12-10-21-6-4-11-30-21/h2-3,5,7-9,13-15,21,30,32H,4,6,10-12,16-17,28H2,1H3,(H,29,34)/t21-/m0/s1. The highest BCUT2D eigenvalue weighted by Gasteiger charge is 2.20. The van der Waals surface area contributed by atoms with Gasteiger partial charge in [-0.1, -0.05) is 24.3 Å². The zero-order valence-electron chi connectivity index (χ0n) is 20.8. The van der Waals surface area contributed by atoms with Crippen molar-refractivity contribution in [2.24, 2.45) is 5.73 Å². The van der Waals surface area contributed by atoms with Gasteiger partial charge in [0.2, 0.25) is 10.0 Å². The first-order valence-electron chi connectivity index (χ1n) is 12.5. The number of anilines is 1. The van der Waals surface area contributed by atoms with Gasteiger partial charge in [0.05, 0.1) is 18.0 Å². The summed E-state index contributed by atoms with van der Waals surface area (Å²) in [6, 6.07) is 17.3. The molecule has 5 N–H and O–H groups in total. The van der Waals surface area contributed by atoms with Crippen molar-refractivity contribution in [2.45, 2.75) is 38.4 Å². The Hall–Kier alpha value is -3.47. The highest BCUT2D eigenvalue weighted by atomic mass is 32.2. The zero-order chi connectivity index (χ0) is 26.0. The minimum Gasteiger partial charge on any atom is -0.354 e. The van der Waals surface area contributed by atoms with Crippen LogP contribution >= 0.6 is 0 Å². The van der Waals surface area contributed by atoms with Crippen LogP contribution in [-0.4, -0.2) is 49.3 Å². The Kier molecular flexibility index (Phi) is 7.14. The molecule has 1 aliphatic rings. The van der Waals surface area contributed by atoms with Crippen LogP contribution in [0.3, 0.4) is 0 Å². The first-order valence-corrected chi connectivity index (χ1v) is 14.2. The fraction of sp³-hybridized carbons (Fsp3) is 0.333. The summed E-state index contributed by atoms with van der Waals surface area (Å²) in [7, 11) is -1.93. The topological polar surface area (TPSA) is 131 Å². The van der Waals surface area contributed by atoms with Crippen LogP contribution in [0, 0.1) is 0 Å². The van der Waals surface area contributed by atoms with Crippen molar-refractivity contribution in [2.75, 3.05) is 24.1 Å². The van der Waals surface area contributed by atoms with Crippen LogP contribution in [-0.2, 0) is 23.1 Å². The summed E-state index contributed by atoms with van der Waals surface area (Å²) >= 11 is 0. The summed E-state index contributed by atoms with van der Waals surface area (Å²) in [5.74, 6) is -0.171. The molecule has 5 rings (SSSR count). The molecule has 4 aromatic rings. The zero-order valence-corrected chi connectivity index (χ0v) is 21.6. The van der Waals surface area contributed by atoms with E-state index in [1.807, 2.05) is 59.2 Å². The third-order valence-corrected chi connectivity index (χ3v) is 8.24. The molecule has 2 aromatic heterocycles. The number of rotatable bonds is 9. The lowest BCUT2D eigenvalue weighted by atomic mass is 10.0. The van der Waals surface area contributed by atoms with E-state index in [1.165, 1.54) is 0 Å².